The first-order valence-electron chi connectivity index (χ1n) is 13.8. The van der Waals surface area contributed by atoms with E-state index in [4.69, 9.17) is 4.52 Å². The standard InChI is InChI=1S/C26H41F2N5O2S/c1-17(2)32-13-8-19(9-14-32)36-20-5-4-10-26(27,28)21(20)29-24(34)33-15-11-25(3,12-16-33)23-30-22(35-31-23)18-6-7-18/h17-21H,4-16H2,1-3H3,(H,29,34)/t20-,21+/m0/s1. The van der Waals surface area contributed by atoms with Crippen molar-refractivity contribution in [3.63, 3.8) is 0 Å². The van der Waals surface area contributed by atoms with Gasteiger partial charge in [0, 0.05) is 47.4 Å². The molecule has 0 spiro atoms. The molecule has 36 heavy (non-hydrogen) atoms. The summed E-state index contributed by atoms with van der Waals surface area (Å²) in [6, 6.07) is -0.956. The minimum Gasteiger partial charge on any atom is -0.339 e. The van der Waals surface area contributed by atoms with Crippen molar-refractivity contribution in [2.24, 2.45) is 0 Å². The Morgan fingerprint density at radius 2 is 1.78 bits per heavy atom. The highest BCUT2D eigenvalue weighted by molar-refractivity contribution is 8.00. The number of amides is 2. The van der Waals surface area contributed by atoms with Crippen molar-refractivity contribution in [3.8, 4) is 0 Å². The minimum absolute atomic E-state index is 0.153. The number of carbonyl (C=O) groups excluding carboxylic acids is 1. The molecule has 7 nitrogen and oxygen atoms in total. The lowest BCUT2D eigenvalue weighted by Gasteiger charge is -2.43. The smallest absolute Gasteiger partial charge is 0.317 e. The van der Waals surface area contributed by atoms with Crippen LogP contribution in [0.2, 0.25) is 0 Å². The molecule has 0 unspecified atom stereocenters. The van der Waals surface area contributed by atoms with Gasteiger partial charge < -0.3 is 19.6 Å². The number of nitrogens with one attached hydrogen (secondary N) is 1. The number of carbonyl (C=O) groups is 1. The summed E-state index contributed by atoms with van der Waals surface area (Å²) in [6.07, 6.45) is 6.73. The summed E-state index contributed by atoms with van der Waals surface area (Å²) in [5, 5.41) is 7.15. The Morgan fingerprint density at radius 3 is 2.42 bits per heavy atom. The summed E-state index contributed by atoms with van der Waals surface area (Å²) < 4.78 is 35.7. The number of rotatable bonds is 6. The average Bonchev–Trinajstić information content (AvgIpc) is 3.57. The Morgan fingerprint density at radius 1 is 1.08 bits per heavy atom. The summed E-state index contributed by atoms with van der Waals surface area (Å²) in [7, 11) is 0. The zero-order valence-electron chi connectivity index (χ0n) is 21.8. The van der Waals surface area contributed by atoms with Crippen LogP contribution in [0.15, 0.2) is 4.52 Å². The van der Waals surface area contributed by atoms with Gasteiger partial charge in [0.25, 0.3) is 5.92 Å². The zero-order valence-corrected chi connectivity index (χ0v) is 22.7. The highest BCUT2D eigenvalue weighted by Gasteiger charge is 2.49. The van der Waals surface area contributed by atoms with Crippen LogP contribution in [0.1, 0.15) is 96.2 Å². The molecule has 1 aromatic rings. The molecule has 3 heterocycles. The van der Waals surface area contributed by atoms with Crippen molar-refractivity contribution in [1.29, 1.82) is 0 Å². The topological polar surface area (TPSA) is 74.5 Å². The summed E-state index contributed by atoms with van der Waals surface area (Å²) in [4.78, 5) is 22.0. The number of likely N-dealkylation sites (tertiary alicyclic amines) is 2. The van der Waals surface area contributed by atoms with E-state index in [2.05, 4.69) is 41.1 Å². The number of piperidine rings is 2. The Balaban J connectivity index is 1.17. The van der Waals surface area contributed by atoms with Crippen molar-refractivity contribution in [2.75, 3.05) is 26.2 Å². The molecular weight excluding hydrogens is 484 g/mol. The van der Waals surface area contributed by atoms with E-state index in [1.807, 2.05) is 0 Å². The molecular formula is C26H41F2N5O2S. The molecule has 4 aliphatic rings. The molecule has 2 aliphatic carbocycles. The summed E-state index contributed by atoms with van der Waals surface area (Å²) in [6.45, 7) is 9.55. The quantitative estimate of drug-likeness (QED) is 0.552. The lowest BCUT2D eigenvalue weighted by atomic mass is 9.79. The third-order valence-corrected chi connectivity index (χ3v) is 10.5. The van der Waals surface area contributed by atoms with Crippen molar-refractivity contribution >= 4 is 17.8 Å². The third-order valence-electron chi connectivity index (χ3n) is 8.74. The molecule has 5 rings (SSSR count). The summed E-state index contributed by atoms with van der Waals surface area (Å²) in [5.74, 6) is -1.03. The van der Waals surface area contributed by atoms with E-state index in [0.717, 1.165) is 51.1 Å². The highest BCUT2D eigenvalue weighted by Crippen LogP contribution is 2.43. The van der Waals surface area contributed by atoms with Crippen LogP contribution in [0.4, 0.5) is 13.6 Å². The molecule has 1 aromatic heterocycles. The fourth-order valence-corrected chi connectivity index (χ4v) is 7.59. The number of thioether (sulfide) groups is 1. The first kappa shape index (κ1) is 26.2. The molecule has 10 heteroatoms. The maximum Gasteiger partial charge on any atom is 0.317 e. The van der Waals surface area contributed by atoms with Crippen LogP contribution < -0.4 is 5.32 Å². The molecule has 0 aromatic carbocycles. The minimum atomic E-state index is -2.88. The molecule has 202 valence electrons. The molecule has 2 saturated carbocycles. The molecule has 1 N–H and O–H groups in total. The summed E-state index contributed by atoms with van der Waals surface area (Å²) >= 11 is 1.69. The predicted molar refractivity (Wildman–Crippen MR) is 137 cm³/mol. The van der Waals surface area contributed by atoms with Crippen LogP contribution in [-0.2, 0) is 5.41 Å². The van der Waals surface area contributed by atoms with E-state index in [1.54, 1.807) is 16.7 Å². The van der Waals surface area contributed by atoms with Gasteiger partial charge in [-0.3, -0.25) is 0 Å². The molecule has 2 saturated heterocycles. The number of hydrogen-bond donors (Lipinski definition) is 1. The first-order valence-corrected chi connectivity index (χ1v) is 14.8. The Bertz CT molecular complexity index is 908. The van der Waals surface area contributed by atoms with Crippen molar-refractivity contribution in [2.45, 2.75) is 118 Å². The Hall–Kier alpha value is -1.42. The van der Waals surface area contributed by atoms with Gasteiger partial charge in [0.05, 0.1) is 0 Å². The van der Waals surface area contributed by atoms with Gasteiger partial charge in [-0.1, -0.05) is 12.1 Å². The van der Waals surface area contributed by atoms with Gasteiger partial charge in [-0.25, -0.2) is 13.6 Å². The van der Waals surface area contributed by atoms with Crippen molar-refractivity contribution < 1.29 is 18.1 Å². The third kappa shape index (κ3) is 5.69. The van der Waals surface area contributed by atoms with Crippen molar-refractivity contribution in [1.82, 2.24) is 25.3 Å². The number of aromatic nitrogens is 2. The molecule has 4 fully saturated rings. The number of urea groups is 1. The van der Waals surface area contributed by atoms with Gasteiger partial charge >= 0.3 is 6.03 Å². The largest absolute Gasteiger partial charge is 0.339 e. The maximum absolute atomic E-state index is 15.1. The van der Waals surface area contributed by atoms with Crippen LogP contribution in [0.5, 0.6) is 0 Å². The molecule has 0 radical (unpaired) electrons. The van der Waals surface area contributed by atoms with Gasteiger partial charge in [0.2, 0.25) is 5.89 Å². The van der Waals surface area contributed by atoms with Gasteiger partial charge in [-0.2, -0.15) is 16.7 Å². The van der Waals surface area contributed by atoms with Gasteiger partial charge in [0.15, 0.2) is 5.82 Å². The van der Waals surface area contributed by atoms with Crippen LogP contribution in [0, 0.1) is 0 Å². The number of nitrogens with zero attached hydrogens (tertiary/aromatic N) is 4. The van der Waals surface area contributed by atoms with Crippen LogP contribution in [0.25, 0.3) is 0 Å². The fraction of sp³-hybridized carbons (Fsp3) is 0.885. The number of halogens is 2. The monoisotopic (exact) mass is 525 g/mol. The maximum atomic E-state index is 15.1. The van der Waals surface area contributed by atoms with Crippen LogP contribution in [-0.4, -0.2) is 80.7 Å². The fourth-order valence-electron chi connectivity index (χ4n) is 5.88. The van der Waals surface area contributed by atoms with Crippen LogP contribution >= 0.6 is 11.8 Å². The Labute approximate surface area is 217 Å². The van der Waals surface area contributed by atoms with Gasteiger partial charge in [0.1, 0.15) is 6.04 Å². The van der Waals surface area contributed by atoms with Crippen LogP contribution in [0.3, 0.4) is 0 Å². The van der Waals surface area contributed by atoms with Gasteiger partial charge in [-0.15, -0.1) is 0 Å². The second-order valence-electron chi connectivity index (χ2n) is 11.9. The summed E-state index contributed by atoms with van der Waals surface area (Å²) in [5.41, 5.74) is -0.258. The zero-order chi connectivity index (χ0) is 25.5. The lowest BCUT2D eigenvalue weighted by molar-refractivity contribution is -0.0585. The van der Waals surface area contributed by atoms with E-state index in [-0.39, 0.29) is 23.1 Å². The number of hydrogen-bond acceptors (Lipinski definition) is 6. The predicted octanol–water partition coefficient (Wildman–Crippen LogP) is 5.17. The second kappa shape index (κ2) is 10.4. The molecule has 2 amide bonds. The second-order valence-corrected chi connectivity index (χ2v) is 13.4. The number of alkyl halides is 2. The lowest BCUT2D eigenvalue weighted by Crippen LogP contribution is -2.59. The molecule has 2 aliphatic heterocycles. The highest BCUT2D eigenvalue weighted by atomic mass is 32.2. The average molecular weight is 526 g/mol. The molecule has 2 atom stereocenters. The van der Waals surface area contributed by atoms with Crippen molar-refractivity contribution in [3.05, 3.63) is 11.7 Å². The molecule has 0 bridgehead atoms. The first-order chi connectivity index (χ1) is 17.1. The normalized spacial score (nSPS) is 29.4. The van der Waals surface area contributed by atoms with E-state index < -0.39 is 12.0 Å². The van der Waals surface area contributed by atoms with Gasteiger partial charge in [-0.05, 0) is 78.3 Å². The van der Waals surface area contributed by atoms with E-state index in [9.17, 15) is 4.79 Å². The van der Waals surface area contributed by atoms with E-state index in [1.165, 1.54) is 0 Å². The SMILES string of the molecule is CC(C)N1CCC(S[C@H]2CCCC(F)(F)[C@@H]2NC(=O)N2CCC(C)(c3noc(C4CC4)n3)CC2)CC1. The van der Waals surface area contributed by atoms with E-state index in [0.29, 0.717) is 55.4 Å². The van der Waals surface area contributed by atoms with E-state index >= 15 is 8.78 Å². The Kier molecular flexibility index (Phi) is 7.56.